The van der Waals surface area contributed by atoms with Crippen molar-refractivity contribution in [3.8, 4) is 0 Å². The van der Waals surface area contributed by atoms with Crippen molar-refractivity contribution >= 4 is 6.09 Å². The van der Waals surface area contributed by atoms with E-state index < -0.39 is 0 Å². The molecule has 2 fully saturated rings. The van der Waals surface area contributed by atoms with Gasteiger partial charge in [-0.2, -0.15) is 0 Å². The molecule has 0 unspecified atom stereocenters. The first-order valence-corrected chi connectivity index (χ1v) is 7.26. The molecule has 98 valence electrons. The fourth-order valence-electron chi connectivity index (χ4n) is 3.05. The summed E-state index contributed by atoms with van der Waals surface area (Å²) in [6.45, 7) is 0.589. The van der Waals surface area contributed by atoms with E-state index in [1.807, 2.05) is 0 Å². The summed E-state index contributed by atoms with van der Waals surface area (Å²) in [5, 5.41) is 3.06. The molecule has 0 atom stereocenters. The third-order valence-electron chi connectivity index (χ3n) is 4.16. The number of cyclic esters (lactones) is 1. The van der Waals surface area contributed by atoms with Gasteiger partial charge in [-0.1, -0.05) is 57.8 Å². The molecular weight excluding hydrogens is 214 g/mol. The van der Waals surface area contributed by atoms with Gasteiger partial charge in [-0.3, -0.25) is 0 Å². The molecule has 0 aromatic heterocycles. The summed E-state index contributed by atoms with van der Waals surface area (Å²) in [6.07, 6.45) is 13.9. The van der Waals surface area contributed by atoms with Gasteiger partial charge >= 0.3 is 6.09 Å². The van der Waals surface area contributed by atoms with Gasteiger partial charge in [0.15, 0.2) is 0 Å². The Labute approximate surface area is 104 Å². The standard InChI is InChI=1S/C14H25NO2/c16-13-15-14(12-17-13)10-8-6-4-2-1-3-5-7-9-11-14/h1-12H2,(H,15,16). The Morgan fingerprint density at radius 2 is 1.29 bits per heavy atom. The summed E-state index contributed by atoms with van der Waals surface area (Å²) in [4.78, 5) is 11.3. The molecule has 0 aromatic rings. The van der Waals surface area contributed by atoms with Gasteiger partial charge in [0.25, 0.3) is 0 Å². The molecule has 1 amide bonds. The van der Waals surface area contributed by atoms with Crippen molar-refractivity contribution in [1.29, 1.82) is 0 Å². The number of rotatable bonds is 0. The zero-order valence-corrected chi connectivity index (χ0v) is 10.8. The molecule has 2 aliphatic rings. The van der Waals surface area contributed by atoms with Crippen LogP contribution in [0.4, 0.5) is 4.79 Å². The van der Waals surface area contributed by atoms with Crippen LogP contribution in [0, 0.1) is 0 Å². The molecule has 1 saturated heterocycles. The topological polar surface area (TPSA) is 38.3 Å². The summed E-state index contributed by atoms with van der Waals surface area (Å²) < 4.78 is 5.12. The van der Waals surface area contributed by atoms with Gasteiger partial charge in [0, 0.05) is 0 Å². The maximum atomic E-state index is 11.3. The molecule has 0 aromatic carbocycles. The SMILES string of the molecule is O=C1NC2(CCCCCCCCCCC2)CO1. The number of carbonyl (C=O) groups is 1. The lowest BCUT2D eigenvalue weighted by Crippen LogP contribution is -2.43. The van der Waals surface area contributed by atoms with Crippen molar-refractivity contribution in [1.82, 2.24) is 5.32 Å². The van der Waals surface area contributed by atoms with Crippen molar-refractivity contribution in [2.45, 2.75) is 76.2 Å². The minimum atomic E-state index is -0.211. The van der Waals surface area contributed by atoms with Crippen LogP contribution in [0.1, 0.15) is 70.6 Å². The van der Waals surface area contributed by atoms with Crippen LogP contribution < -0.4 is 5.32 Å². The van der Waals surface area contributed by atoms with Crippen molar-refractivity contribution in [3.05, 3.63) is 0 Å². The lowest BCUT2D eigenvalue weighted by atomic mass is 9.87. The average Bonchev–Trinajstić information content (AvgIpc) is 2.66. The van der Waals surface area contributed by atoms with Gasteiger partial charge in [-0.15, -0.1) is 0 Å². The van der Waals surface area contributed by atoms with Crippen LogP contribution in [0.25, 0.3) is 0 Å². The van der Waals surface area contributed by atoms with E-state index in [0.717, 1.165) is 12.8 Å². The highest BCUT2D eigenvalue weighted by Crippen LogP contribution is 2.28. The number of amides is 1. The van der Waals surface area contributed by atoms with Crippen LogP contribution in [-0.2, 0) is 4.74 Å². The third-order valence-corrected chi connectivity index (χ3v) is 4.16. The molecule has 1 aliphatic heterocycles. The van der Waals surface area contributed by atoms with E-state index in [0.29, 0.717) is 6.61 Å². The summed E-state index contributed by atoms with van der Waals surface area (Å²) in [5.74, 6) is 0. The molecule has 2 rings (SSSR count). The van der Waals surface area contributed by atoms with Gasteiger partial charge in [0.2, 0.25) is 0 Å². The monoisotopic (exact) mass is 239 g/mol. The minimum Gasteiger partial charge on any atom is -0.447 e. The Kier molecular flexibility index (Phi) is 4.69. The second-order valence-corrected chi connectivity index (χ2v) is 5.66. The highest BCUT2D eigenvalue weighted by molar-refractivity contribution is 5.70. The van der Waals surface area contributed by atoms with Crippen LogP contribution in [0.15, 0.2) is 0 Å². The zero-order chi connectivity index (χ0) is 12.0. The van der Waals surface area contributed by atoms with Crippen molar-refractivity contribution in [2.24, 2.45) is 0 Å². The molecule has 1 spiro atoms. The van der Waals surface area contributed by atoms with Crippen LogP contribution in [0.5, 0.6) is 0 Å². The number of hydrogen-bond donors (Lipinski definition) is 1. The number of alkyl carbamates (subject to hydrolysis) is 1. The van der Waals surface area contributed by atoms with Gasteiger partial charge in [0.05, 0.1) is 5.54 Å². The average molecular weight is 239 g/mol. The first kappa shape index (κ1) is 12.7. The summed E-state index contributed by atoms with van der Waals surface area (Å²) in [5.41, 5.74) is -0.0315. The number of carbonyl (C=O) groups excluding carboxylic acids is 1. The molecule has 1 N–H and O–H groups in total. The fraction of sp³-hybridized carbons (Fsp3) is 0.929. The number of ether oxygens (including phenoxy) is 1. The summed E-state index contributed by atoms with van der Waals surface area (Å²) >= 11 is 0. The highest BCUT2D eigenvalue weighted by Gasteiger charge is 2.38. The molecule has 0 bridgehead atoms. The molecule has 3 nitrogen and oxygen atoms in total. The lowest BCUT2D eigenvalue weighted by molar-refractivity contribution is 0.168. The Morgan fingerprint density at radius 1 is 0.824 bits per heavy atom. The zero-order valence-electron chi connectivity index (χ0n) is 10.8. The van der Waals surface area contributed by atoms with Crippen molar-refractivity contribution in [3.63, 3.8) is 0 Å². The van der Waals surface area contributed by atoms with E-state index in [-0.39, 0.29) is 11.6 Å². The fourth-order valence-corrected chi connectivity index (χ4v) is 3.05. The Hall–Kier alpha value is -0.730. The molecule has 0 radical (unpaired) electrons. The third kappa shape index (κ3) is 3.90. The molecule has 1 saturated carbocycles. The molecular formula is C14H25NO2. The second kappa shape index (κ2) is 6.27. The van der Waals surface area contributed by atoms with Crippen LogP contribution >= 0.6 is 0 Å². The molecule has 1 aliphatic carbocycles. The van der Waals surface area contributed by atoms with E-state index in [1.165, 1.54) is 57.8 Å². The normalized spacial score (nSPS) is 26.7. The van der Waals surface area contributed by atoms with E-state index in [1.54, 1.807) is 0 Å². The first-order valence-electron chi connectivity index (χ1n) is 7.26. The number of hydrogen-bond acceptors (Lipinski definition) is 2. The molecule has 1 heterocycles. The quantitative estimate of drug-likeness (QED) is 0.698. The van der Waals surface area contributed by atoms with Gasteiger partial charge in [0.1, 0.15) is 6.61 Å². The van der Waals surface area contributed by atoms with E-state index in [2.05, 4.69) is 5.32 Å². The Morgan fingerprint density at radius 3 is 1.71 bits per heavy atom. The van der Waals surface area contributed by atoms with E-state index >= 15 is 0 Å². The number of nitrogens with one attached hydrogen (secondary N) is 1. The first-order chi connectivity index (χ1) is 8.31. The Bertz CT molecular complexity index is 241. The van der Waals surface area contributed by atoms with Crippen LogP contribution in [0.2, 0.25) is 0 Å². The van der Waals surface area contributed by atoms with Crippen molar-refractivity contribution < 1.29 is 9.53 Å². The Balaban J connectivity index is 1.86. The smallest absolute Gasteiger partial charge is 0.407 e. The van der Waals surface area contributed by atoms with Gasteiger partial charge < -0.3 is 10.1 Å². The largest absolute Gasteiger partial charge is 0.447 e. The summed E-state index contributed by atoms with van der Waals surface area (Å²) in [6, 6.07) is 0. The molecule has 3 heteroatoms. The van der Waals surface area contributed by atoms with Crippen molar-refractivity contribution in [2.75, 3.05) is 6.61 Å². The molecule has 17 heavy (non-hydrogen) atoms. The van der Waals surface area contributed by atoms with Gasteiger partial charge in [-0.25, -0.2) is 4.79 Å². The highest BCUT2D eigenvalue weighted by atomic mass is 16.6. The van der Waals surface area contributed by atoms with E-state index in [9.17, 15) is 4.79 Å². The van der Waals surface area contributed by atoms with Gasteiger partial charge in [-0.05, 0) is 12.8 Å². The minimum absolute atomic E-state index is 0.0315. The van der Waals surface area contributed by atoms with Crippen LogP contribution in [0.3, 0.4) is 0 Å². The van der Waals surface area contributed by atoms with Crippen LogP contribution in [-0.4, -0.2) is 18.2 Å². The lowest BCUT2D eigenvalue weighted by Gasteiger charge is -2.27. The summed E-state index contributed by atoms with van der Waals surface area (Å²) in [7, 11) is 0. The predicted molar refractivity (Wildman–Crippen MR) is 68.0 cm³/mol. The van der Waals surface area contributed by atoms with E-state index in [4.69, 9.17) is 4.74 Å². The predicted octanol–water partition coefficient (Wildman–Crippen LogP) is 3.77. The maximum absolute atomic E-state index is 11.3. The second-order valence-electron chi connectivity index (χ2n) is 5.66. The maximum Gasteiger partial charge on any atom is 0.407 e.